The molecule has 4 heteroatoms. The molecule has 0 radical (unpaired) electrons. The zero-order valence-corrected chi connectivity index (χ0v) is 10.6. The minimum absolute atomic E-state index is 0.677. The summed E-state index contributed by atoms with van der Waals surface area (Å²) in [6.45, 7) is 2.05. The number of benzene rings is 2. The zero-order valence-electron chi connectivity index (χ0n) is 10.6. The molecule has 2 aromatic rings. The maximum absolute atomic E-state index is 10.6. The van der Waals surface area contributed by atoms with Gasteiger partial charge in [0.05, 0.1) is 6.21 Å². The van der Waals surface area contributed by atoms with Crippen molar-refractivity contribution in [3.05, 3.63) is 59.7 Å². The van der Waals surface area contributed by atoms with Crippen molar-refractivity contribution in [3.63, 3.8) is 0 Å². The van der Waals surface area contributed by atoms with Crippen LogP contribution >= 0.6 is 0 Å². The summed E-state index contributed by atoms with van der Waals surface area (Å²) in [5.41, 5.74) is 11.4. The van der Waals surface area contributed by atoms with Crippen molar-refractivity contribution >= 4 is 12.2 Å². The summed E-state index contributed by atoms with van der Waals surface area (Å²) in [5, 5.41) is 3.80. The number of nitrogens with one attached hydrogen (secondary N) is 1. The number of urea groups is 1. The summed E-state index contributed by atoms with van der Waals surface area (Å²) in [4.78, 5) is 10.6. The first kappa shape index (κ1) is 12.8. The van der Waals surface area contributed by atoms with Gasteiger partial charge >= 0.3 is 6.03 Å². The van der Waals surface area contributed by atoms with Crippen LogP contribution in [-0.4, -0.2) is 12.2 Å². The van der Waals surface area contributed by atoms with E-state index in [0.717, 1.165) is 16.7 Å². The Hall–Kier alpha value is -2.62. The molecule has 4 nitrogen and oxygen atoms in total. The lowest BCUT2D eigenvalue weighted by molar-refractivity contribution is 0.249. The third-order valence-electron chi connectivity index (χ3n) is 2.67. The van der Waals surface area contributed by atoms with E-state index in [-0.39, 0.29) is 0 Å². The summed E-state index contributed by atoms with van der Waals surface area (Å²) in [6, 6.07) is 15.4. The van der Waals surface area contributed by atoms with Gasteiger partial charge in [-0.2, -0.15) is 5.10 Å². The van der Waals surface area contributed by atoms with E-state index in [1.807, 2.05) is 36.4 Å². The number of carbonyl (C=O) groups is 1. The Morgan fingerprint density at radius 3 is 2.74 bits per heavy atom. The molecule has 0 heterocycles. The van der Waals surface area contributed by atoms with Crippen molar-refractivity contribution in [2.45, 2.75) is 6.92 Å². The van der Waals surface area contributed by atoms with Crippen LogP contribution in [0.15, 0.2) is 53.6 Å². The number of carbonyl (C=O) groups excluding carboxylic acids is 1. The van der Waals surface area contributed by atoms with Crippen molar-refractivity contribution in [2.24, 2.45) is 10.8 Å². The third kappa shape index (κ3) is 3.42. The van der Waals surface area contributed by atoms with Crippen molar-refractivity contribution in [2.75, 3.05) is 0 Å². The molecule has 0 aliphatic rings. The molecule has 96 valence electrons. The van der Waals surface area contributed by atoms with Gasteiger partial charge in [-0.3, -0.25) is 0 Å². The van der Waals surface area contributed by atoms with Crippen LogP contribution in [0, 0.1) is 6.92 Å². The second kappa shape index (κ2) is 5.82. The molecule has 0 atom stereocenters. The van der Waals surface area contributed by atoms with Crippen LogP contribution in [0.1, 0.15) is 11.1 Å². The van der Waals surface area contributed by atoms with Crippen LogP contribution < -0.4 is 11.2 Å². The van der Waals surface area contributed by atoms with Gasteiger partial charge in [0, 0.05) is 5.56 Å². The van der Waals surface area contributed by atoms with Crippen LogP contribution in [0.3, 0.4) is 0 Å². The molecule has 0 aliphatic heterocycles. The number of amides is 2. The van der Waals surface area contributed by atoms with Gasteiger partial charge < -0.3 is 5.73 Å². The molecule has 0 fully saturated rings. The maximum atomic E-state index is 10.6. The van der Waals surface area contributed by atoms with Crippen molar-refractivity contribution in [1.29, 1.82) is 0 Å². The topological polar surface area (TPSA) is 67.5 Å². The first-order chi connectivity index (χ1) is 9.16. The van der Waals surface area contributed by atoms with Gasteiger partial charge in [-0.25, -0.2) is 10.2 Å². The van der Waals surface area contributed by atoms with Crippen LogP contribution in [-0.2, 0) is 0 Å². The minimum atomic E-state index is -0.677. The SMILES string of the molecule is Cc1cccc(-c2ccccc2C=NNC(N)=O)c1. The summed E-state index contributed by atoms with van der Waals surface area (Å²) in [5.74, 6) is 0. The number of hydrogen-bond donors (Lipinski definition) is 2. The number of rotatable bonds is 3. The molecule has 0 bridgehead atoms. The number of hydrogen-bond acceptors (Lipinski definition) is 2. The smallest absolute Gasteiger partial charge is 0.332 e. The minimum Gasteiger partial charge on any atom is -0.350 e. The number of primary amides is 1. The lowest BCUT2D eigenvalue weighted by Crippen LogP contribution is -2.24. The van der Waals surface area contributed by atoms with E-state index in [2.05, 4.69) is 29.6 Å². The van der Waals surface area contributed by atoms with Gasteiger partial charge in [-0.15, -0.1) is 0 Å². The van der Waals surface area contributed by atoms with Gasteiger partial charge in [0.2, 0.25) is 0 Å². The first-order valence-electron chi connectivity index (χ1n) is 5.91. The Morgan fingerprint density at radius 2 is 2.00 bits per heavy atom. The highest BCUT2D eigenvalue weighted by Gasteiger charge is 2.02. The van der Waals surface area contributed by atoms with E-state index < -0.39 is 6.03 Å². The molecular weight excluding hydrogens is 238 g/mol. The van der Waals surface area contributed by atoms with Crippen molar-refractivity contribution in [1.82, 2.24) is 5.43 Å². The Morgan fingerprint density at radius 1 is 1.21 bits per heavy atom. The largest absolute Gasteiger partial charge is 0.350 e. The molecule has 0 aliphatic carbocycles. The summed E-state index contributed by atoms with van der Waals surface area (Å²) < 4.78 is 0. The van der Waals surface area contributed by atoms with Gasteiger partial charge in [0.25, 0.3) is 0 Å². The molecule has 3 N–H and O–H groups in total. The average Bonchev–Trinajstić information content (AvgIpc) is 2.39. The predicted molar refractivity (Wildman–Crippen MR) is 76.9 cm³/mol. The highest BCUT2D eigenvalue weighted by molar-refractivity contribution is 5.90. The lowest BCUT2D eigenvalue weighted by atomic mass is 9.99. The standard InChI is InChI=1S/C15H15N3O/c1-11-5-4-7-12(9-11)14-8-3-2-6-13(14)10-17-18-15(16)19/h2-10H,1H3,(H3,16,18,19). The number of nitrogens with zero attached hydrogens (tertiary/aromatic N) is 1. The first-order valence-corrected chi connectivity index (χ1v) is 5.91. The third-order valence-corrected chi connectivity index (χ3v) is 2.67. The predicted octanol–water partition coefficient (Wildman–Crippen LogP) is 2.66. The molecule has 2 rings (SSSR count). The summed E-state index contributed by atoms with van der Waals surface area (Å²) in [7, 11) is 0. The number of hydrazone groups is 1. The second-order valence-corrected chi connectivity index (χ2v) is 4.19. The molecule has 0 saturated heterocycles. The molecular formula is C15H15N3O. The van der Waals surface area contributed by atoms with Crippen LogP contribution in [0.2, 0.25) is 0 Å². The highest BCUT2D eigenvalue weighted by Crippen LogP contribution is 2.23. The Bertz CT molecular complexity index is 620. The number of aryl methyl sites for hydroxylation is 1. The van der Waals surface area contributed by atoms with Gasteiger partial charge in [-0.1, -0.05) is 54.1 Å². The quantitative estimate of drug-likeness (QED) is 0.641. The Kier molecular flexibility index (Phi) is 3.93. The van der Waals surface area contributed by atoms with E-state index in [1.165, 1.54) is 5.56 Å². The fourth-order valence-electron chi connectivity index (χ4n) is 1.85. The second-order valence-electron chi connectivity index (χ2n) is 4.19. The van der Waals surface area contributed by atoms with Crippen LogP contribution in [0.5, 0.6) is 0 Å². The monoisotopic (exact) mass is 253 g/mol. The molecule has 19 heavy (non-hydrogen) atoms. The Balaban J connectivity index is 2.36. The fraction of sp³-hybridized carbons (Fsp3) is 0.0667. The van der Waals surface area contributed by atoms with Crippen molar-refractivity contribution in [3.8, 4) is 11.1 Å². The molecule has 2 amide bonds. The molecule has 2 aromatic carbocycles. The van der Waals surface area contributed by atoms with Crippen molar-refractivity contribution < 1.29 is 4.79 Å². The Labute approximate surface area is 112 Å². The van der Waals surface area contributed by atoms with Gasteiger partial charge in [0.15, 0.2) is 0 Å². The van der Waals surface area contributed by atoms with E-state index >= 15 is 0 Å². The number of nitrogens with two attached hydrogens (primary N) is 1. The molecule has 0 aromatic heterocycles. The van der Waals surface area contributed by atoms with Crippen LogP contribution in [0.4, 0.5) is 4.79 Å². The highest BCUT2D eigenvalue weighted by atomic mass is 16.2. The van der Waals surface area contributed by atoms with E-state index in [1.54, 1.807) is 6.21 Å². The van der Waals surface area contributed by atoms with Gasteiger partial charge in [0.1, 0.15) is 0 Å². The van der Waals surface area contributed by atoms with E-state index in [9.17, 15) is 4.79 Å². The van der Waals surface area contributed by atoms with E-state index in [0.29, 0.717) is 0 Å². The maximum Gasteiger partial charge on any atom is 0.332 e. The normalized spacial score (nSPS) is 10.6. The molecule has 0 saturated carbocycles. The summed E-state index contributed by atoms with van der Waals surface area (Å²) in [6.07, 6.45) is 1.59. The lowest BCUT2D eigenvalue weighted by Gasteiger charge is -2.06. The van der Waals surface area contributed by atoms with Crippen LogP contribution in [0.25, 0.3) is 11.1 Å². The zero-order chi connectivity index (χ0) is 13.7. The van der Waals surface area contributed by atoms with Gasteiger partial charge in [-0.05, 0) is 18.1 Å². The average molecular weight is 253 g/mol. The molecule has 0 spiro atoms. The fourth-order valence-corrected chi connectivity index (χ4v) is 1.85. The molecule has 0 unspecified atom stereocenters. The summed E-state index contributed by atoms with van der Waals surface area (Å²) >= 11 is 0. The van der Waals surface area contributed by atoms with E-state index in [4.69, 9.17) is 5.73 Å².